The summed E-state index contributed by atoms with van der Waals surface area (Å²) >= 11 is 0. The van der Waals surface area contributed by atoms with E-state index in [1.54, 1.807) is 0 Å². The number of hydrogen-bond acceptors (Lipinski definition) is 2. The zero-order valence-corrected chi connectivity index (χ0v) is 8.59. The second kappa shape index (κ2) is 4.28. The van der Waals surface area contributed by atoms with Gasteiger partial charge in [-0.1, -0.05) is 6.07 Å². The van der Waals surface area contributed by atoms with Crippen molar-refractivity contribution in [2.24, 2.45) is 5.73 Å². The van der Waals surface area contributed by atoms with Crippen molar-refractivity contribution in [3.63, 3.8) is 0 Å². The smallest absolute Gasteiger partial charge is 0.0340 e. The second-order valence-electron chi connectivity index (χ2n) is 3.57. The van der Waals surface area contributed by atoms with Crippen LogP contribution in [0.2, 0.25) is 0 Å². The van der Waals surface area contributed by atoms with Crippen LogP contribution in [0.3, 0.4) is 0 Å². The van der Waals surface area contributed by atoms with Crippen molar-refractivity contribution in [1.82, 2.24) is 0 Å². The molecule has 0 heterocycles. The minimum absolute atomic E-state index is 0.235. The number of aryl methyl sites for hydroxylation is 1. The molecule has 0 saturated carbocycles. The van der Waals surface area contributed by atoms with Crippen molar-refractivity contribution in [3.05, 3.63) is 29.3 Å². The molecule has 3 N–H and O–H groups in total. The Balaban J connectivity index is 2.85. The van der Waals surface area contributed by atoms with Crippen LogP contribution in [-0.4, -0.2) is 13.1 Å². The predicted octanol–water partition coefficient (Wildman–Crippen LogP) is 1.93. The van der Waals surface area contributed by atoms with Gasteiger partial charge in [0.05, 0.1) is 0 Å². The first-order valence-corrected chi connectivity index (χ1v) is 4.66. The van der Waals surface area contributed by atoms with E-state index in [2.05, 4.69) is 30.4 Å². The van der Waals surface area contributed by atoms with Crippen molar-refractivity contribution in [2.75, 3.05) is 12.4 Å². The quantitative estimate of drug-likeness (QED) is 0.742. The molecule has 72 valence electrons. The highest BCUT2D eigenvalue weighted by atomic mass is 14.8. The van der Waals surface area contributed by atoms with Gasteiger partial charge < -0.3 is 11.1 Å². The van der Waals surface area contributed by atoms with E-state index in [1.165, 1.54) is 11.1 Å². The summed E-state index contributed by atoms with van der Waals surface area (Å²) in [4.78, 5) is 0. The highest BCUT2D eigenvalue weighted by molar-refractivity contribution is 5.47. The minimum Gasteiger partial charge on any atom is -0.388 e. The number of nitrogens with one attached hydrogen (secondary N) is 1. The SMILES string of the molecule is CNc1ccc(C[C@H](C)N)c(C)c1. The van der Waals surface area contributed by atoms with E-state index in [0.29, 0.717) is 0 Å². The van der Waals surface area contributed by atoms with Crippen molar-refractivity contribution in [1.29, 1.82) is 0 Å². The summed E-state index contributed by atoms with van der Waals surface area (Å²) in [5.41, 5.74) is 9.56. The van der Waals surface area contributed by atoms with Gasteiger partial charge in [0, 0.05) is 18.8 Å². The number of rotatable bonds is 3. The van der Waals surface area contributed by atoms with Gasteiger partial charge in [-0.25, -0.2) is 0 Å². The summed E-state index contributed by atoms with van der Waals surface area (Å²) in [6, 6.07) is 6.62. The number of benzene rings is 1. The average molecular weight is 178 g/mol. The maximum atomic E-state index is 5.75. The van der Waals surface area contributed by atoms with E-state index in [0.717, 1.165) is 12.1 Å². The van der Waals surface area contributed by atoms with Gasteiger partial charge in [-0.3, -0.25) is 0 Å². The molecule has 0 aliphatic carbocycles. The molecule has 2 nitrogen and oxygen atoms in total. The molecule has 1 aromatic rings. The van der Waals surface area contributed by atoms with E-state index >= 15 is 0 Å². The molecule has 0 bridgehead atoms. The molecule has 1 aromatic carbocycles. The largest absolute Gasteiger partial charge is 0.388 e. The molecule has 0 aliphatic heterocycles. The van der Waals surface area contributed by atoms with E-state index in [1.807, 2.05) is 14.0 Å². The Morgan fingerprint density at radius 1 is 1.46 bits per heavy atom. The van der Waals surface area contributed by atoms with Crippen molar-refractivity contribution in [3.8, 4) is 0 Å². The fourth-order valence-electron chi connectivity index (χ4n) is 1.43. The summed E-state index contributed by atoms with van der Waals surface area (Å²) < 4.78 is 0. The van der Waals surface area contributed by atoms with Crippen molar-refractivity contribution < 1.29 is 0 Å². The molecule has 0 aromatic heterocycles. The summed E-state index contributed by atoms with van der Waals surface area (Å²) in [6.45, 7) is 4.16. The second-order valence-corrected chi connectivity index (χ2v) is 3.57. The van der Waals surface area contributed by atoms with Crippen LogP contribution >= 0.6 is 0 Å². The first kappa shape index (κ1) is 10.1. The minimum atomic E-state index is 0.235. The van der Waals surface area contributed by atoms with Crippen LogP contribution < -0.4 is 11.1 Å². The third-order valence-corrected chi connectivity index (χ3v) is 2.17. The van der Waals surface area contributed by atoms with E-state index in [9.17, 15) is 0 Å². The standard InChI is InChI=1S/C11H18N2/c1-8-6-11(13-3)5-4-10(8)7-9(2)12/h4-6,9,13H,7,12H2,1-3H3/t9-/m0/s1. The lowest BCUT2D eigenvalue weighted by Gasteiger charge is -2.10. The molecule has 0 amide bonds. The third kappa shape index (κ3) is 2.74. The zero-order chi connectivity index (χ0) is 9.84. The van der Waals surface area contributed by atoms with Crippen molar-refractivity contribution >= 4 is 5.69 Å². The third-order valence-electron chi connectivity index (χ3n) is 2.17. The topological polar surface area (TPSA) is 38.0 Å². The fourth-order valence-corrected chi connectivity index (χ4v) is 1.43. The fraction of sp³-hybridized carbons (Fsp3) is 0.455. The Morgan fingerprint density at radius 2 is 2.15 bits per heavy atom. The molecule has 1 rings (SSSR count). The molecule has 13 heavy (non-hydrogen) atoms. The summed E-state index contributed by atoms with van der Waals surface area (Å²) in [7, 11) is 1.93. The van der Waals surface area contributed by atoms with Crippen LogP contribution in [-0.2, 0) is 6.42 Å². The first-order valence-electron chi connectivity index (χ1n) is 4.66. The van der Waals surface area contributed by atoms with Crippen LogP contribution in [0.4, 0.5) is 5.69 Å². The van der Waals surface area contributed by atoms with Gasteiger partial charge >= 0.3 is 0 Å². The monoisotopic (exact) mass is 178 g/mol. The Morgan fingerprint density at radius 3 is 2.62 bits per heavy atom. The van der Waals surface area contributed by atoms with Gasteiger partial charge in [0.2, 0.25) is 0 Å². The molecule has 2 heteroatoms. The lowest BCUT2D eigenvalue weighted by molar-refractivity contribution is 0.735. The molecule has 0 unspecified atom stereocenters. The van der Waals surface area contributed by atoms with Crippen LogP contribution in [0, 0.1) is 6.92 Å². The molecule has 0 radical (unpaired) electrons. The Kier molecular flexibility index (Phi) is 3.32. The summed E-state index contributed by atoms with van der Waals surface area (Å²) in [5.74, 6) is 0. The molecule has 0 fully saturated rings. The number of anilines is 1. The lowest BCUT2D eigenvalue weighted by atomic mass is 10.0. The van der Waals surface area contributed by atoms with Gasteiger partial charge in [-0.15, -0.1) is 0 Å². The van der Waals surface area contributed by atoms with Crippen LogP contribution in [0.5, 0.6) is 0 Å². The average Bonchev–Trinajstić information content (AvgIpc) is 2.08. The maximum Gasteiger partial charge on any atom is 0.0340 e. The van der Waals surface area contributed by atoms with Gasteiger partial charge in [-0.05, 0) is 43.5 Å². The van der Waals surface area contributed by atoms with Crippen LogP contribution in [0.25, 0.3) is 0 Å². The molecule has 0 spiro atoms. The Labute approximate surface area is 80.1 Å². The highest BCUT2D eigenvalue weighted by Crippen LogP contribution is 2.15. The van der Waals surface area contributed by atoms with Gasteiger partial charge in [0.25, 0.3) is 0 Å². The molecule has 0 aliphatic rings. The lowest BCUT2D eigenvalue weighted by Crippen LogP contribution is -2.18. The van der Waals surface area contributed by atoms with E-state index in [4.69, 9.17) is 5.73 Å². The van der Waals surface area contributed by atoms with E-state index < -0.39 is 0 Å². The molecular weight excluding hydrogens is 160 g/mol. The normalized spacial score (nSPS) is 12.6. The number of nitrogens with two attached hydrogens (primary N) is 1. The molecule has 0 saturated heterocycles. The predicted molar refractivity (Wildman–Crippen MR) is 58.1 cm³/mol. The van der Waals surface area contributed by atoms with E-state index in [-0.39, 0.29) is 6.04 Å². The van der Waals surface area contributed by atoms with Gasteiger partial charge in [0.1, 0.15) is 0 Å². The summed E-state index contributed by atoms with van der Waals surface area (Å²) in [6.07, 6.45) is 0.954. The maximum absolute atomic E-state index is 5.75. The van der Waals surface area contributed by atoms with Crippen molar-refractivity contribution in [2.45, 2.75) is 26.3 Å². The Bertz CT molecular complexity index is 279. The molecule has 1 atom stereocenters. The zero-order valence-electron chi connectivity index (χ0n) is 8.59. The van der Waals surface area contributed by atoms with Crippen LogP contribution in [0.15, 0.2) is 18.2 Å². The molecular formula is C11H18N2. The number of hydrogen-bond donors (Lipinski definition) is 2. The van der Waals surface area contributed by atoms with Gasteiger partial charge in [-0.2, -0.15) is 0 Å². The highest BCUT2D eigenvalue weighted by Gasteiger charge is 2.01. The summed E-state index contributed by atoms with van der Waals surface area (Å²) in [5, 5.41) is 3.12. The first-order chi connectivity index (χ1) is 6.13. The van der Waals surface area contributed by atoms with Crippen LogP contribution in [0.1, 0.15) is 18.1 Å². The Hall–Kier alpha value is -1.02. The van der Waals surface area contributed by atoms with Gasteiger partial charge in [0.15, 0.2) is 0 Å².